The minimum absolute atomic E-state index is 0.450. The second kappa shape index (κ2) is 8.20. The number of rotatable bonds is 7. The van der Waals surface area contributed by atoms with E-state index in [1.165, 1.54) is 0 Å². The lowest BCUT2D eigenvalue weighted by Gasteiger charge is -2.15. The number of benzene rings is 2. The Bertz CT molecular complexity index is 621. The van der Waals surface area contributed by atoms with Crippen LogP contribution in [0.15, 0.2) is 70.7 Å². The summed E-state index contributed by atoms with van der Waals surface area (Å²) in [6.07, 6.45) is 3.45. The third-order valence-electron chi connectivity index (χ3n) is 2.89. The molecule has 4 heteroatoms. The van der Waals surface area contributed by atoms with Crippen molar-refractivity contribution >= 4 is 31.9 Å². The highest BCUT2D eigenvalue weighted by molar-refractivity contribution is 9.10. The first-order valence-corrected chi connectivity index (χ1v) is 8.31. The first kappa shape index (κ1) is 16.8. The second-order valence-corrected chi connectivity index (χ2v) is 6.31. The van der Waals surface area contributed by atoms with Crippen molar-refractivity contribution in [2.45, 2.75) is 0 Å². The summed E-state index contributed by atoms with van der Waals surface area (Å²) in [6.45, 7) is 8.28. The average molecular weight is 424 g/mol. The van der Waals surface area contributed by atoms with Gasteiger partial charge in [0.2, 0.25) is 0 Å². The Labute approximate surface area is 147 Å². The molecule has 2 aromatic rings. The van der Waals surface area contributed by atoms with Crippen molar-refractivity contribution in [2.75, 3.05) is 13.2 Å². The molecule has 0 fully saturated rings. The van der Waals surface area contributed by atoms with Gasteiger partial charge in [-0.05, 0) is 36.4 Å². The van der Waals surface area contributed by atoms with E-state index in [4.69, 9.17) is 9.47 Å². The quantitative estimate of drug-likeness (QED) is 0.507. The Morgan fingerprint density at radius 3 is 1.55 bits per heavy atom. The van der Waals surface area contributed by atoms with E-state index in [0.29, 0.717) is 13.2 Å². The van der Waals surface area contributed by atoms with E-state index in [2.05, 4.69) is 45.0 Å². The van der Waals surface area contributed by atoms with Gasteiger partial charge in [0.15, 0.2) is 0 Å². The number of halogens is 2. The highest BCUT2D eigenvalue weighted by Gasteiger charge is 2.13. The van der Waals surface area contributed by atoms with E-state index in [9.17, 15) is 0 Å². The first-order chi connectivity index (χ1) is 10.7. The predicted octanol–water partition coefficient (Wildman–Crippen LogP) is 6.01. The molecular weight excluding hydrogens is 408 g/mol. The third-order valence-corrected chi connectivity index (χ3v) is 3.87. The van der Waals surface area contributed by atoms with Gasteiger partial charge in [0, 0.05) is 20.1 Å². The van der Waals surface area contributed by atoms with Gasteiger partial charge < -0.3 is 9.47 Å². The fourth-order valence-corrected chi connectivity index (χ4v) is 2.70. The van der Waals surface area contributed by atoms with E-state index < -0.39 is 0 Å². The highest BCUT2D eigenvalue weighted by atomic mass is 79.9. The zero-order valence-electron chi connectivity index (χ0n) is 12.0. The van der Waals surface area contributed by atoms with Crippen molar-refractivity contribution in [2.24, 2.45) is 0 Å². The Balaban J connectivity index is 2.53. The number of ether oxygens (including phenoxy) is 2. The molecule has 0 heterocycles. The van der Waals surface area contributed by atoms with Gasteiger partial charge in [0.25, 0.3) is 0 Å². The van der Waals surface area contributed by atoms with Gasteiger partial charge in [-0.3, -0.25) is 0 Å². The maximum absolute atomic E-state index is 5.77. The lowest BCUT2D eigenvalue weighted by molar-refractivity contribution is 0.359. The average Bonchev–Trinajstić information content (AvgIpc) is 2.52. The number of hydrogen-bond donors (Lipinski definition) is 0. The molecule has 0 aliphatic heterocycles. The van der Waals surface area contributed by atoms with Gasteiger partial charge in [-0.1, -0.05) is 57.2 Å². The Morgan fingerprint density at radius 2 is 1.18 bits per heavy atom. The SMILES string of the molecule is C=CCOc1ccc(Br)cc1-c1cc(Br)ccc1OCC=C. The van der Waals surface area contributed by atoms with Gasteiger partial charge in [0.05, 0.1) is 0 Å². The molecule has 2 aromatic carbocycles. The molecule has 22 heavy (non-hydrogen) atoms. The van der Waals surface area contributed by atoms with Gasteiger partial charge in [-0.2, -0.15) is 0 Å². The molecule has 0 bridgehead atoms. The van der Waals surface area contributed by atoms with Crippen molar-refractivity contribution in [3.05, 3.63) is 70.7 Å². The van der Waals surface area contributed by atoms with Gasteiger partial charge in [-0.25, -0.2) is 0 Å². The van der Waals surface area contributed by atoms with Crippen molar-refractivity contribution in [1.29, 1.82) is 0 Å². The monoisotopic (exact) mass is 422 g/mol. The molecule has 0 N–H and O–H groups in total. The molecule has 2 rings (SSSR count). The van der Waals surface area contributed by atoms with Gasteiger partial charge in [0.1, 0.15) is 24.7 Å². The zero-order valence-corrected chi connectivity index (χ0v) is 15.2. The van der Waals surface area contributed by atoms with Gasteiger partial charge in [-0.15, -0.1) is 0 Å². The summed E-state index contributed by atoms with van der Waals surface area (Å²) in [6, 6.07) is 11.8. The highest BCUT2D eigenvalue weighted by Crippen LogP contribution is 2.39. The molecule has 0 aliphatic rings. The molecule has 0 saturated heterocycles. The smallest absolute Gasteiger partial charge is 0.127 e. The molecule has 0 unspecified atom stereocenters. The van der Waals surface area contributed by atoms with Crippen LogP contribution in [0.3, 0.4) is 0 Å². The third kappa shape index (κ3) is 4.24. The predicted molar refractivity (Wildman–Crippen MR) is 98.7 cm³/mol. The Morgan fingerprint density at radius 1 is 0.773 bits per heavy atom. The Kier molecular flexibility index (Phi) is 6.28. The van der Waals surface area contributed by atoms with E-state index >= 15 is 0 Å². The molecule has 0 amide bonds. The maximum Gasteiger partial charge on any atom is 0.127 e. The van der Waals surface area contributed by atoms with E-state index in [1.54, 1.807) is 12.2 Å². The van der Waals surface area contributed by atoms with E-state index in [-0.39, 0.29) is 0 Å². The largest absolute Gasteiger partial charge is 0.489 e. The van der Waals surface area contributed by atoms with Crippen molar-refractivity contribution in [3.63, 3.8) is 0 Å². The molecule has 0 aromatic heterocycles. The van der Waals surface area contributed by atoms with Crippen molar-refractivity contribution in [3.8, 4) is 22.6 Å². The molecular formula is C18H16Br2O2. The summed E-state index contributed by atoms with van der Waals surface area (Å²) in [4.78, 5) is 0. The minimum Gasteiger partial charge on any atom is -0.489 e. The van der Waals surface area contributed by atoms with E-state index in [1.807, 2.05) is 36.4 Å². The van der Waals surface area contributed by atoms with Crippen molar-refractivity contribution < 1.29 is 9.47 Å². The maximum atomic E-state index is 5.77. The molecule has 0 aliphatic carbocycles. The molecule has 0 radical (unpaired) electrons. The standard InChI is InChI=1S/C18H16Br2O2/c1-3-9-21-17-7-5-13(19)11-15(17)16-12-14(20)6-8-18(16)22-10-4-2/h3-8,11-12H,1-2,9-10H2. The van der Waals surface area contributed by atoms with Gasteiger partial charge >= 0.3 is 0 Å². The summed E-state index contributed by atoms with van der Waals surface area (Å²) < 4.78 is 13.5. The Hall–Kier alpha value is -1.52. The molecule has 114 valence electrons. The summed E-state index contributed by atoms with van der Waals surface area (Å²) in [5.74, 6) is 1.56. The van der Waals surface area contributed by atoms with Crippen LogP contribution < -0.4 is 9.47 Å². The summed E-state index contributed by atoms with van der Waals surface area (Å²) in [5.41, 5.74) is 1.91. The molecule has 2 nitrogen and oxygen atoms in total. The van der Waals surface area contributed by atoms with Crippen LogP contribution in [-0.2, 0) is 0 Å². The molecule has 0 spiro atoms. The van der Waals surface area contributed by atoms with E-state index in [0.717, 1.165) is 31.6 Å². The van der Waals surface area contributed by atoms with Crippen LogP contribution in [0, 0.1) is 0 Å². The lowest BCUT2D eigenvalue weighted by Crippen LogP contribution is -1.98. The minimum atomic E-state index is 0.450. The fourth-order valence-electron chi connectivity index (χ4n) is 1.97. The van der Waals surface area contributed by atoms with Crippen LogP contribution in [0.1, 0.15) is 0 Å². The fraction of sp³-hybridized carbons (Fsp3) is 0.111. The summed E-state index contributed by atoms with van der Waals surface area (Å²) in [5, 5.41) is 0. The molecule has 0 atom stereocenters. The van der Waals surface area contributed by atoms with Crippen LogP contribution >= 0.6 is 31.9 Å². The zero-order chi connectivity index (χ0) is 15.9. The first-order valence-electron chi connectivity index (χ1n) is 6.72. The topological polar surface area (TPSA) is 18.5 Å². The second-order valence-electron chi connectivity index (χ2n) is 4.48. The summed E-state index contributed by atoms with van der Waals surface area (Å²) in [7, 11) is 0. The lowest BCUT2D eigenvalue weighted by atomic mass is 10.0. The summed E-state index contributed by atoms with van der Waals surface area (Å²) >= 11 is 7.03. The van der Waals surface area contributed by atoms with Crippen LogP contribution in [0.2, 0.25) is 0 Å². The molecule has 0 saturated carbocycles. The van der Waals surface area contributed by atoms with Crippen LogP contribution in [-0.4, -0.2) is 13.2 Å². The normalized spacial score (nSPS) is 10.1. The van der Waals surface area contributed by atoms with Crippen LogP contribution in [0.4, 0.5) is 0 Å². The number of hydrogen-bond acceptors (Lipinski definition) is 2. The van der Waals surface area contributed by atoms with Crippen molar-refractivity contribution in [1.82, 2.24) is 0 Å². The van der Waals surface area contributed by atoms with Crippen LogP contribution in [0.25, 0.3) is 11.1 Å². The van der Waals surface area contributed by atoms with Crippen LogP contribution in [0.5, 0.6) is 11.5 Å².